The number of nitrogens with zero attached hydrogens (tertiary/aromatic N) is 2. The fourth-order valence-corrected chi connectivity index (χ4v) is 5.89. The highest BCUT2D eigenvalue weighted by Gasteiger charge is 2.73. The molecule has 3 fully saturated rings. The number of nitrogens with one attached hydrogen (secondary N) is 1. The minimum atomic E-state index is -1.54. The van der Waals surface area contributed by atoms with Crippen molar-refractivity contribution in [2.75, 3.05) is 25.1 Å². The largest absolute Gasteiger partial charge is 0.469 e. The van der Waals surface area contributed by atoms with Crippen LogP contribution in [0.5, 0.6) is 0 Å². The van der Waals surface area contributed by atoms with Crippen LogP contribution in [0.4, 0.5) is 5.69 Å². The highest BCUT2D eigenvalue weighted by Crippen LogP contribution is 2.57. The number of anilines is 1. The Kier molecular flexibility index (Phi) is 5.45. The molecule has 0 aliphatic carbocycles. The van der Waals surface area contributed by atoms with E-state index >= 15 is 0 Å². The Morgan fingerprint density at radius 3 is 2.41 bits per heavy atom. The second kappa shape index (κ2) is 8.21. The number of fused-ring (bicyclic) bond motifs is 3. The lowest BCUT2D eigenvalue weighted by molar-refractivity contribution is -0.154. The summed E-state index contributed by atoms with van der Waals surface area (Å²) in [6.07, 6.45) is -0.332. The molecule has 0 radical (unpaired) electrons. The van der Waals surface area contributed by atoms with Crippen LogP contribution in [0.3, 0.4) is 0 Å². The van der Waals surface area contributed by atoms with Crippen LogP contribution >= 0.6 is 11.6 Å². The average Bonchev–Trinajstić information content (AvgIpc) is 3.26. The first-order valence-electron chi connectivity index (χ1n) is 11.1. The van der Waals surface area contributed by atoms with E-state index in [1.165, 1.54) is 7.11 Å². The van der Waals surface area contributed by atoms with Crippen molar-refractivity contribution < 1.29 is 23.9 Å². The maximum atomic E-state index is 13.9. The molecule has 0 bridgehead atoms. The molecule has 2 aromatic carbocycles. The van der Waals surface area contributed by atoms with Gasteiger partial charge in [-0.1, -0.05) is 41.4 Å². The number of aryl methyl sites for hydroxylation is 1. The summed E-state index contributed by atoms with van der Waals surface area (Å²) in [4.78, 5) is 56.9. The molecule has 0 saturated carbocycles. The molecule has 176 valence electrons. The van der Waals surface area contributed by atoms with Crippen molar-refractivity contribution in [3.05, 3.63) is 64.7 Å². The normalized spacial score (nSPS) is 28.5. The molecular weight excluding hydrogens is 458 g/mol. The summed E-state index contributed by atoms with van der Waals surface area (Å²) in [6.45, 7) is 2.64. The van der Waals surface area contributed by atoms with Crippen LogP contribution in [0.2, 0.25) is 5.02 Å². The molecule has 4 atom stereocenters. The van der Waals surface area contributed by atoms with E-state index in [0.29, 0.717) is 23.8 Å². The number of rotatable bonds is 4. The zero-order valence-electron chi connectivity index (χ0n) is 18.8. The monoisotopic (exact) mass is 481 g/mol. The summed E-state index contributed by atoms with van der Waals surface area (Å²) in [5.41, 5.74) is 0.655. The van der Waals surface area contributed by atoms with Gasteiger partial charge in [-0.3, -0.25) is 24.1 Å². The summed E-state index contributed by atoms with van der Waals surface area (Å²) < 4.78 is 4.92. The topological polar surface area (TPSA) is 96.0 Å². The minimum Gasteiger partial charge on any atom is -0.469 e. The Morgan fingerprint density at radius 1 is 1.09 bits per heavy atom. The zero-order valence-corrected chi connectivity index (χ0v) is 19.5. The first-order chi connectivity index (χ1) is 16.3. The van der Waals surface area contributed by atoms with Gasteiger partial charge in [-0.25, -0.2) is 4.90 Å². The lowest BCUT2D eigenvalue weighted by Gasteiger charge is -2.45. The van der Waals surface area contributed by atoms with Gasteiger partial charge in [0.2, 0.25) is 17.7 Å². The van der Waals surface area contributed by atoms with Crippen LogP contribution < -0.4 is 10.2 Å². The maximum Gasteiger partial charge on any atom is 0.307 e. The van der Waals surface area contributed by atoms with E-state index < -0.39 is 41.2 Å². The molecule has 5 rings (SSSR count). The number of benzene rings is 2. The molecule has 3 saturated heterocycles. The molecule has 3 aliphatic heterocycles. The van der Waals surface area contributed by atoms with Gasteiger partial charge < -0.3 is 10.1 Å². The van der Waals surface area contributed by atoms with E-state index in [-0.39, 0.29) is 12.3 Å². The summed E-state index contributed by atoms with van der Waals surface area (Å²) in [5, 5.41) is 3.36. The van der Waals surface area contributed by atoms with Crippen LogP contribution in [-0.4, -0.2) is 54.3 Å². The molecule has 3 amide bonds. The number of carbonyl (C=O) groups is 4. The van der Waals surface area contributed by atoms with Gasteiger partial charge in [0.15, 0.2) is 0 Å². The number of amides is 3. The Morgan fingerprint density at radius 2 is 1.76 bits per heavy atom. The molecule has 2 aromatic rings. The SMILES string of the molecule is COC(=O)C[C@]12C(=O)NCCN1[C@H](c1ccc(Cl)cc1)[C@H]1C(=O)N(c3ccc(C)cc3)C(=O)[C@@H]12. The quantitative estimate of drug-likeness (QED) is 0.531. The third kappa shape index (κ3) is 3.16. The van der Waals surface area contributed by atoms with Gasteiger partial charge >= 0.3 is 5.97 Å². The lowest BCUT2D eigenvalue weighted by Crippen LogP contribution is -2.67. The van der Waals surface area contributed by atoms with Crippen molar-refractivity contribution in [3.63, 3.8) is 0 Å². The molecular formula is C25H24ClN3O5. The van der Waals surface area contributed by atoms with Crippen LogP contribution in [-0.2, 0) is 23.9 Å². The molecule has 1 N–H and O–H groups in total. The second-order valence-electron chi connectivity index (χ2n) is 8.97. The van der Waals surface area contributed by atoms with E-state index in [0.717, 1.165) is 16.0 Å². The van der Waals surface area contributed by atoms with Gasteiger partial charge in [0, 0.05) is 24.2 Å². The van der Waals surface area contributed by atoms with Gasteiger partial charge in [-0.15, -0.1) is 0 Å². The van der Waals surface area contributed by atoms with Crippen molar-refractivity contribution in [1.82, 2.24) is 10.2 Å². The van der Waals surface area contributed by atoms with Crippen molar-refractivity contribution in [2.45, 2.75) is 24.9 Å². The van der Waals surface area contributed by atoms with Crippen LogP contribution in [0.25, 0.3) is 0 Å². The van der Waals surface area contributed by atoms with Crippen molar-refractivity contribution in [1.29, 1.82) is 0 Å². The fraction of sp³-hybridized carbons (Fsp3) is 0.360. The smallest absolute Gasteiger partial charge is 0.307 e. The van der Waals surface area contributed by atoms with E-state index in [9.17, 15) is 19.2 Å². The second-order valence-corrected chi connectivity index (χ2v) is 9.41. The number of ether oxygens (including phenoxy) is 1. The number of piperazine rings is 1. The van der Waals surface area contributed by atoms with E-state index in [4.69, 9.17) is 16.3 Å². The molecule has 9 heteroatoms. The summed E-state index contributed by atoms with van der Waals surface area (Å²) in [7, 11) is 1.24. The lowest BCUT2D eigenvalue weighted by atomic mass is 9.76. The van der Waals surface area contributed by atoms with Gasteiger partial charge in [0.05, 0.1) is 31.1 Å². The van der Waals surface area contributed by atoms with Gasteiger partial charge in [0.25, 0.3) is 0 Å². The third-order valence-electron chi connectivity index (χ3n) is 7.23. The minimum absolute atomic E-state index is 0.332. The molecule has 34 heavy (non-hydrogen) atoms. The molecule has 0 spiro atoms. The molecule has 8 nitrogen and oxygen atoms in total. The zero-order chi connectivity index (χ0) is 24.2. The predicted molar refractivity (Wildman–Crippen MR) is 124 cm³/mol. The number of imide groups is 1. The van der Waals surface area contributed by atoms with Crippen molar-refractivity contribution in [3.8, 4) is 0 Å². The van der Waals surface area contributed by atoms with Gasteiger partial charge in [-0.05, 0) is 36.8 Å². The van der Waals surface area contributed by atoms with Crippen LogP contribution in [0.1, 0.15) is 23.6 Å². The summed E-state index contributed by atoms with van der Waals surface area (Å²) >= 11 is 6.10. The number of hydrogen-bond donors (Lipinski definition) is 1. The van der Waals surface area contributed by atoms with Gasteiger partial charge in [-0.2, -0.15) is 0 Å². The standard InChI is InChI=1S/C25H24ClN3O5/c1-14-3-9-17(10-4-14)29-22(31)19-20(23(29)32)25(13-18(30)34-2)24(33)27-11-12-28(25)21(19)15-5-7-16(26)8-6-15/h3-10,19-21H,11-13H2,1-2H3,(H,27,33)/t19-,20+,21+,25-/m0/s1. The molecule has 3 heterocycles. The first kappa shape index (κ1) is 22.6. The van der Waals surface area contributed by atoms with E-state index in [2.05, 4.69) is 5.32 Å². The molecule has 3 aliphatic rings. The number of halogens is 1. The number of hydrogen-bond acceptors (Lipinski definition) is 6. The third-order valence-corrected chi connectivity index (χ3v) is 7.48. The molecule has 0 unspecified atom stereocenters. The average molecular weight is 482 g/mol. The van der Waals surface area contributed by atoms with Crippen LogP contribution in [0.15, 0.2) is 48.5 Å². The Balaban J connectivity index is 1.70. The highest BCUT2D eigenvalue weighted by molar-refractivity contribution is 6.30. The van der Waals surface area contributed by atoms with Gasteiger partial charge in [0.1, 0.15) is 5.54 Å². The van der Waals surface area contributed by atoms with Crippen molar-refractivity contribution in [2.24, 2.45) is 11.8 Å². The first-order valence-corrected chi connectivity index (χ1v) is 11.5. The Bertz CT molecular complexity index is 1180. The summed E-state index contributed by atoms with van der Waals surface area (Å²) in [5.74, 6) is -3.81. The Hall–Kier alpha value is -3.23. The predicted octanol–water partition coefficient (Wildman–Crippen LogP) is 2.24. The number of carbonyl (C=O) groups excluding carboxylic acids is 4. The van der Waals surface area contributed by atoms with Crippen LogP contribution in [0, 0.1) is 18.8 Å². The highest BCUT2D eigenvalue weighted by atomic mass is 35.5. The fourth-order valence-electron chi connectivity index (χ4n) is 5.77. The molecule has 0 aromatic heterocycles. The van der Waals surface area contributed by atoms with E-state index in [1.54, 1.807) is 36.4 Å². The number of methoxy groups -OCH3 is 1. The number of esters is 1. The Labute approximate surface area is 201 Å². The van der Waals surface area contributed by atoms with Crippen molar-refractivity contribution >= 4 is 41.0 Å². The van der Waals surface area contributed by atoms with E-state index in [1.807, 2.05) is 24.0 Å². The maximum absolute atomic E-state index is 13.9. The summed E-state index contributed by atoms with van der Waals surface area (Å²) in [6, 6.07) is 13.5.